The highest BCUT2D eigenvalue weighted by Gasteiger charge is 2.19. The van der Waals surface area contributed by atoms with Crippen LogP contribution in [-0.4, -0.2) is 28.6 Å². The smallest absolute Gasteiger partial charge is 0.265 e. The Morgan fingerprint density at radius 3 is 2.57 bits per heavy atom. The summed E-state index contributed by atoms with van der Waals surface area (Å²) in [4.78, 5) is 26.3. The second-order valence-corrected chi connectivity index (χ2v) is 8.28. The average molecular weight is 439 g/mol. The van der Waals surface area contributed by atoms with Gasteiger partial charge in [0.2, 0.25) is 0 Å². The average Bonchev–Trinajstić information content (AvgIpc) is 3.30. The lowest BCUT2D eigenvalue weighted by Gasteiger charge is -2.09. The van der Waals surface area contributed by atoms with E-state index in [4.69, 9.17) is 11.6 Å². The summed E-state index contributed by atoms with van der Waals surface area (Å²) in [6.07, 6.45) is 0. The number of para-hydroxylation sites is 1. The number of hydrogen-bond acceptors (Lipinski definition) is 4. The van der Waals surface area contributed by atoms with E-state index in [0.717, 1.165) is 27.2 Å². The number of fused-ring (bicyclic) bond motifs is 1. The van der Waals surface area contributed by atoms with E-state index in [1.807, 2.05) is 50.2 Å². The number of nitrogens with zero attached hydrogens (tertiary/aromatic N) is 2. The van der Waals surface area contributed by atoms with E-state index in [2.05, 4.69) is 15.7 Å². The third-order valence-electron chi connectivity index (χ3n) is 4.82. The van der Waals surface area contributed by atoms with E-state index in [1.165, 1.54) is 11.3 Å². The third-order valence-corrected chi connectivity index (χ3v) is 6.25. The molecule has 0 bridgehead atoms. The summed E-state index contributed by atoms with van der Waals surface area (Å²) in [6.45, 7) is 3.79. The number of halogens is 1. The first-order valence-corrected chi connectivity index (χ1v) is 10.5. The van der Waals surface area contributed by atoms with E-state index < -0.39 is 0 Å². The highest BCUT2D eigenvalue weighted by atomic mass is 35.5. The van der Waals surface area contributed by atoms with Crippen LogP contribution in [0, 0.1) is 13.8 Å². The summed E-state index contributed by atoms with van der Waals surface area (Å²) in [6, 6.07) is 14.5. The fourth-order valence-electron chi connectivity index (χ4n) is 3.17. The summed E-state index contributed by atoms with van der Waals surface area (Å²) in [5, 5.41) is 11.6. The lowest BCUT2D eigenvalue weighted by atomic mass is 10.1. The monoisotopic (exact) mass is 438 g/mol. The zero-order chi connectivity index (χ0) is 21.4. The molecule has 6 nitrogen and oxygen atoms in total. The topological polar surface area (TPSA) is 76.0 Å². The second kappa shape index (κ2) is 7.93. The quantitative estimate of drug-likeness (QED) is 0.472. The molecule has 2 aromatic carbocycles. The molecule has 4 rings (SSSR count). The van der Waals surface area contributed by atoms with Crippen molar-refractivity contribution in [3.8, 4) is 5.69 Å². The summed E-state index contributed by atoms with van der Waals surface area (Å²) in [5.41, 5.74) is 3.54. The molecule has 8 heteroatoms. The molecule has 0 saturated carbocycles. The van der Waals surface area contributed by atoms with Gasteiger partial charge in [-0.1, -0.05) is 29.8 Å². The first-order chi connectivity index (χ1) is 14.4. The molecule has 2 N–H and O–H groups in total. The van der Waals surface area contributed by atoms with Crippen molar-refractivity contribution in [2.24, 2.45) is 0 Å². The Labute approximate surface area is 182 Å². The number of amides is 2. The highest BCUT2D eigenvalue weighted by molar-refractivity contribution is 7.20. The Bertz CT molecular complexity index is 1290. The van der Waals surface area contributed by atoms with Crippen LogP contribution in [0.3, 0.4) is 0 Å². The van der Waals surface area contributed by atoms with E-state index in [0.29, 0.717) is 21.2 Å². The number of carbonyl (C=O) groups excluding carboxylic acids is 2. The van der Waals surface area contributed by atoms with Crippen LogP contribution in [0.25, 0.3) is 15.9 Å². The van der Waals surface area contributed by atoms with Crippen LogP contribution in [0.4, 0.5) is 5.69 Å². The number of anilines is 1. The van der Waals surface area contributed by atoms with Crippen LogP contribution in [0.15, 0.2) is 48.5 Å². The summed E-state index contributed by atoms with van der Waals surface area (Å²) in [5.74, 6) is -0.443. The van der Waals surface area contributed by atoms with Gasteiger partial charge in [-0.25, -0.2) is 4.68 Å². The molecule has 0 unspecified atom stereocenters. The molecule has 0 aliphatic carbocycles. The molecule has 2 heterocycles. The Morgan fingerprint density at radius 2 is 1.83 bits per heavy atom. The first-order valence-electron chi connectivity index (χ1n) is 9.27. The number of thiophene rings is 1. The predicted octanol–water partition coefficient (Wildman–Crippen LogP) is 4.97. The van der Waals surface area contributed by atoms with Crippen molar-refractivity contribution in [1.82, 2.24) is 15.1 Å². The summed E-state index contributed by atoms with van der Waals surface area (Å²) < 4.78 is 1.77. The molecule has 0 saturated heterocycles. The van der Waals surface area contributed by atoms with Crippen molar-refractivity contribution in [2.45, 2.75) is 13.8 Å². The van der Waals surface area contributed by atoms with Crippen LogP contribution in [-0.2, 0) is 0 Å². The van der Waals surface area contributed by atoms with Crippen LogP contribution in [0.5, 0.6) is 0 Å². The fraction of sp³-hybridized carbons (Fsp3) is 0.136. The van der Waals surface area contributed by atoms with Gasteiger partial charge in [0, 0.05) is 23.7 Å². The van der Waals surface area contributed by atoms with Gasteiger partial charge in [-0.3, -0.25) is 9.59 Å². The van der Waals surface area contributed by atoms with Crippen LogP contribution < -0.4 is 10.6 Å². The van der Waals surface area contributed by atoms with Crippen LogP contribution in [0.2, 0.25) is 5.02 Å². The minimum atomic E-state index is -0.238. The highest BCUT2D eigenvalue weighted by Crippen LogP contribution is 2.33. The second-order valence-electron chi connectivity index (χ2n) is 6.84. The molecule has 0 aliphatic heterocycles. The van der Waals surface area contributed by atoms with Crippen molar-refractivity contribution in [3.63, 3.8) is 0 Å². The van der Waals surface area contributed by atoms with Gasteiger partial charge in [0.25, 0.3) is 11.8 Å². The standard InChI is InChI=1S/C22H19ClN4O2S/c1-12-8-9-14(20(28)24-3)10-17(12)25-21(29)19-11-15-13(2)26-27(22(15)30-19)18-7-5-4-6-16(18)23/h4-11H,1-3H3,(H,24,28)(H,25,29). The molecular formula is C22H19ClN4O2S. The van der Waals surface area contributed by atoms with Crippen molar-refractivity contribution in [2.75, 3.05) is 12.4 Å². The Morgan fingerprint density at radius 1 is 1.07 bits per heavy atom. The molecule has 0 spiro atoms. The zero-order valence-corrected chi connectivity index (χ0v) is 18.2. The predicted molar refractivity (Wildman–Crippen MR) is 121 cm³/mol. The molecule has 30 heavy (non-hydrogen) atoms. The first kappa shape index (κ1) is 20.1. The zero-order valence-electron chi connectivity index (χ0n) is 16.6. The number of nitrogens with one attached hydrogen (secondary N) is 2. The van der Waals surface area contributed by atoms with Gasteiger partial charge in [-0.15, -0.1) is 11.3 Å². The van der Waals surface area contributed by atoms with E-state index in [-0.39, 0.29) is 11.8 Å². The van der Waals surface area contributed by atoms with Gasteiger partial charge in [-0.2, -0.15) is 5.10 Å². The normalized spacial score (nSPS) is 10.9. The van der Waals surface area contributed by atoms with Gasteiger partial charge in [0.1, 0.15) is 4.83 Å². The maximum atomic E-state index is 13.0. The van der Waals surface area contributed by atoms with E-state index in [9.17, 15) is 9.59 Å². The van der Waals surface area contributed by atoms with Crippen molar-refractivity contribution >= 4 is 50.7 Å². The molecule has 4 aromatic rings. The van der Waals surface area contributed by atoms with Gasteiger partial charge >= 0.3 is 0 Å². The summed E-state index contributed by atoms with van der Waals surface area (Å²) in [7, 11) is 1.57. The van der Waals surface area contributed by atoms with Crippen LogP contribution >= 0.6 is 22.9 Å². The summed E-state index contributed by atoms with van der Waals surface area (Å²) >= 11 is 7.69. The lowest BCUT2D eigenvalue weighted by molar-refractivity contribution is 0.0961. The molecule has 152 valence electrons. The molecule has 0 fully saturated rings. The van der Waals surface area contributed by atoms with Crippen LogP contribution in [0.1, 0.15) is 31.3 Å². The molecule has 0 aliphatic rings. The molecular weight excluding hydrogens is 420 g/mol. The number of aromatic nitrogens is 2. The SMILES string of the molecule is CNC(=O)c1ccc(C)c(NC(=O)c2cc3c(C)nn(-c4ccccc4Cl)c3s2)c1. The van der Waals surface area contributed by atoms with Crippen molar-refractivity contribution < 1.29 is 9.59 Å². The largest absolute Gasteiger partial charge is 0.355 e. The molecule has 2 amide bonds. The van der Waals surface area contributed by atoms with E-state index >= 15 is 0 Å². The van der Waals surface area contributed by atoms with E-state index in [1.54, 1.807) is 23.9 Å². The van der Waals surface area contributed by atoms with Gasteiger partial charge < -0.3 is 10.6 Å². The number of aryl methyl sites for hydroxylation is 2. The number of rotatable bonds is 4. The Balaban J connectivity index is 1.69. The van der Waals surface area contributed by atoms with Gasteiger partial charge in [-0.05, 0) is 49.7 Å². The molecule has 2 aromatic heterocycles. The van der Waals surface area contributed by atoms with Crippen molar-refractivity contribution in [1.29, 1.82) is 0 Å². The maximum Gasteiger partial charge on any atom is 0.265 e. The minimum absolute atomic E-state index is 0.206. The Kier molecular flexibility index (Phi) is 5.32. The number of hydrogen-bond donors (Lipinski definition) is 2. The van der Waals surface area contributed by atoms with Gasteiger partial charge in [0.15, 0.2) is 0 Å². The molecule has 0 atom stereocenters. The Hall–Kier alpha value is -3.16. The minimum Gasteiger partial charge on any atom is -0.355 e. The van der Waals surface area contributed by atoms with Gasteiger partial charge in [0.05, 0.1) is 21.3 Å². The number of benzene rings is 2. The maximum absolute atomic E-state index is 13.0. The number of carbonyl (C=O) groups is 2. The third kappa shape index (κ3) is 3.58. The molecule has 0 radical (unpaired) electrons. The lowest BCUT2D eigenvalue weighted by Crippen LogP contribution is -2.18. The van der Waals surface area contributed by atoms with Crippen molar-refractivity contribution in [3.05, 3.63) is 75.3 Å². The fourth-order valence-corrected chi connectivity index (χ4v) is 4.46.